The number of likely N-dealkylation sites (tertiary alicyclic amines) is 1. The van der Waals surface area contributed by atoms with Gasteiger partial charge in [-0.3, -0.25) is 24.1 Å². The molecule has 6 rings (SSSR count). The Hall–Kier alpha value is -2.76. The van der Waals surface area contributed by atoms with Crippen LogP contribution < -0.4 is 0 Å². The van der Waals surface area contributed by atoms with Gasteiger partial charge in [0, 0.05) is 12.1 Å². The Labute approximate surface area is 175 Å². The highest BCUT2D eigenvalue weighted by atomic mass is 16.5. The predicted molar refractivity (Wildman–Crippen MR) is 107 cm³/mol. The summed E-state index contributed by atoms with van der Waals surface area (Å²) in [5.41, 5.74) is 1.52. The molecule has 4 aliphatic carbocycles. The summed E-state index contributed by atoms with van der Waals surface area (Å²) in [7, 11) is 0. The second kappa shape index (κ2) is 6.89. The molecule has 1 aromatic carbocycles. The van der Waals surface area contributed by atoms with E-state index in [0.717, 1.165) is 12.0 Å². The molecule has 0 unspecified atom stereocenters. The molecule has 0 spiro atoms. The first-order valence-corrected chi connectivity index (χ1v) is 10.7. The Morgan fingerprint density at radius 3 is 2.17 bits per heavy atom. The number of carbonyl (C=O) groups excluding carboxylic acids is 4. The second-order valence-corrected chi connectivity index (χ2v) is 9.10. The van der Waals surface area contributed by atoms with Crippen LogP contribution in [0.1, 0.15) is 35.7 Å². The second-order valence-electron chi connectivity index (χ2n) is 9.10. The molecule has 0 radical (unpaired) electrons. The van der Waals surface area contributed by atoms with Gasteiger partial charge in [-0.15, -0.1) is 0 Å². The molecule has 6 heteroatoms. The minimum atomic E-state index is -0.917. The number of ether oxygens (including phenoxy) is 1. The van der Waals surface area contributed by atoms with Crippen molar-refractivity contribution in [2.75, 3.05) is 6.54 Å². The average molecular weight is 407 g/mol. The lowest BCUT2D eigenvalue weighted by molar-refractivity contribution is -0.148. The molecule has 0 aromatic heterocycles. The number of ketones is 1. The van der Waals surface area contributed by atoms with E-state index in [9.17, 15) is 19.2 Å². The molecule has 1 aliphatic heterocycles. The number of carbonyl (C=O) groups is 4. The summed E-state index contributed by atoms with van der Waals surface area (Å²) in [6, 6.07) is 7.08. The Bertz CT molecular complexity index is 928. The molecule has 2 amide bonds. The number of hydrogen-bond donors (Lipinski definition) is 0. The number of nitrogens with zero attached hydrogens (tertiary/aromatic N) is 1. The SMILES string of the molecule is Cc1ccc(C(=O)[C@@H](C)OC(=O)CCN2C(=O)[C@H]3[C@@H]4C=C[C@H]([C@H]5C[C@H]45)[C@@H]3C2=O)cc1. The minimum Gasteiger partial charge on any atom is -0.454 e. The fraction of sp³-hybridized carbons (Fsp3) is 0.500. The minimum absolute atomic E-state index is 0.0176. The number of benzene rings is 1. The maximum Gasteiger partial charge on any atom is 0.308 e. The summed E-state index contributed by atoms with van der Waals surface area (Å²) in [6.07, 6.45) is 4.36. The first kappa shape index (κ1) is 19.2. The van der Waals surface area contributed by atoms with Crippen LogP contribution in [0, 0.1) is 42.4 Å². The van der Waals surface area contributed by atoms with Crippen LogP contribution in [0.25, 0.3) is 0 Å². The summed E-state index contributed by atoms with van der Waals surface area (Å²) >= 11 is 0. The summed E-state index contributed by atoms with van der Waals surface area (Å²) in [6.45, 7) is 3.49. The van der Waals surface area contributed by atoms with E-state index in [1.54, 1.807) is 12.1 Å². The number of allylic oxidation sites excluding steroid dienone is 2. The number of aryl methyl sites for hydroxylation is 1. The summed E-state index contributed by atoms with van der Waals surface area (Å²) < 4.78 is 5.27. The van der Waals surface area contributed by atoms with Crippen LogP contribution in [0.3, 0.4) is 0 Å². The van der Waals surface area contributed by atoms with Crippen LogP contribution in [0.5, 0.6) is 0 Å². The van der Waals surface area contributed by atoms with E-state index >= 15 is 0 Å². The molecule has 0 N–H and O–H groups in total. The van der Waals surface area contributed by atoms with Crippen molar-refractivity contribution < 1.29 is 23.9 Å². The van der Waals surface area contributed by atoms with E-state index in [0.29, 0.717) is 17.4 Å². The molecule has 156 valence electrons. The number of Topliss-reactive ketones (excluding diaryl/α,β-unsaturated/α-hetero) is 1. The highest BCUT2D eigenvalue weighted by Gasteiger charge is 2.66. The van der Waals surface area contributed by atoms with Crippen LogP contribution in [-0.2, 0) is 19.1 Å². The normalized spacial score (nSPS) is 33.9. The van der Waals surface area contributed by atoms with Crippen molar-refractivity contribution in [1.29, 1.82) is 0 Å². The van der Waals surface area contributed by atoms with E-state index in [1.807, 2.05) is 19.1 Å². The Balaban J connectivity index is 1.18. The highest BCUT2D eigenvalue weighted by Crippen LogP contribution is 2.65. The highest BCUT2D eigenvalue weighted by molar-refractivity contribution is 6.06. The van der Waals surface area contributed by atoms with Crippen molar-refractivity contribution in [3.8, 4) is 0 Å². The predicted octanol–water partition coefficient (Wildman–Crippen LogP) is 2.55. The summed E-state index contributed by atoms with van der Waals surface area (Å²) in [4.78, 5) is 51.8. The van der Waals surface area contributed by atoms with Crippen molar-refractivity contribution in [3.05, 3.63) is 47.5 Å². The zero-order valence-electron chi connectivity index (χ0n) is 17.1. The van der Waals surface area contributed by atoms with E-state index < -0.39 is 12.1 Å². The fourth-order valence-corrected chi connectivity index (χ4v) is 5.70. The van der Waals surface area contributed by atoms with Crippen molar-refractivity contribution in [2.45, 2.75) is 32.8 Å². The third-order valence-corrected chi connectivity index (χ3v) is 7.31. The van der Waals surface area contributed by atoms with Crippen LogP contribution in [0.2, 0.25) is 0 Å². The molecule has 5 aliphatic rings. The number of esters is 1. The standard InChI is InChI=1S/C24H25NO5/c1-12-3-5-14(6-4-12)22(27)13(2)30-19(26)9-10-25-23(28)20-15-7-8-16(18-11-17(15)18)21(20)24(25)29/h3-8,13,15-18,20-21H,9-11H2,1-2H3/t13-,15-,16-,17-,18-,20+,21+/m1/s1. The monoisotopic (exact) mass is 407 g/mol. The quantitative estimate of drug-likeness (QED) is 0.313. The Morgan fingerprint density at radius 2 is 1.60 bits per heavy atom. The molecular formula is C24H25NO5. The van der Waals surface area contributed by atoms with E-state index in [2.05, 4.69) is 12.2 Å². The Morgan fingerprint density at radius 1 is 1.03 bits per heavy atom. The topological polar surface area (TPSA) is 80.8 Å². The van der Waals surface area contributed by atoms with Gasteiger partial charge >= 0.3 is 5.97 Å². The summed E-state index contributed by atoms with van der Waals surface area (Å²) in [5, 5.41) is 0. The van der Waals surface area contributed by atoms with Crippen molar-refractivity contribution in [3.63, 3.8) is 0 Å². The van der Waals surface area contributed by atoms with E-state index in [4.69, 9.17) is 4.74 Å². The Kier molecular flexibility index (Phi) is 4.42. The smallest absolute Gasteiger partial charge is 0.308 e. The lowest BCUT2D eigenvalue weighted by Crippen LogP contribution is -2.40. The van der Waals surface area contributed by atoms with Crippen molar-refractivity contribution in [2.24, 2.45) is 35.5 Å². The van der Waals surface area contributed by atoms with Crippen LogP contribution in [0.4, 0.5) is 0 Å². The molecule has 30 heavy (non-hydrogen) atoms. The maximum absolute atomic E-state index is 12.9. The third kappa shape index (κ3) is 2.92. The molecule has 3 fully saturated rings. The van der Waals surface area contributed by atoms with Crippen LogP contribution in [0.15, 0.2) is 36.4 Å². The molecule has 1 saturated heterocycles. The fourth-order valence-electron chi connectivity index (χ4n) is 5.70. The van der Waals surface area contributed by atoms with Crippen LogP contribution in [-0.4, -0.2) is 41.1 Å². The number of hydrogen-bond acceptors (Lipinski definition) is 5. The third-order valence-electron chi connectivity index (χ3n) is 7.31. The number of rotatable bonds is 6. The van der Waals surface area contributed by atoms with E-state index in [-0.39, 0.29) is 54.2 Å². The van der Waals surface area contributed by atoms with Crippen molar-refractivity contribution in [1.82, 2.24) is 4.90 Å². The molecule has 2 bridgehead atoms. The van der Waals surface area contributed by atoms with E-state index in [1.165, 1.54) is 11.8 Å². The first-order valence-electron chi connectivity index (χ1n) is 10.7. The molecule has 7 atom stereocenters. The van der Waals surface area contributed by atoms with Gasteiger partial charge in [-0.25, -0.2) is 0 Å². The van der Waals surface area contributed by atoms with Gasteiger partial charge in [0.15, 0.2) is 6.10 Å². The zero-order chi connectivity index (χ0) is 21.2. The van der Waals surface area contributed by atoms with Gasteiger partial charge < -0.3 is 4.74 Å². The molecular weight excluding hydrogens is 382 g/mol. The van der Waals surface area contributed by atoms with Gasteiger partial charge in [0.25, 0.3) is 0 Å². The summed E-state index contributed by atoms with van der Waals surface area (Å²) in [5.74, 6) is -0.211. The lowest BCUT2D eigenvalue weighted by Gasteiger charge is -2.37. The number of imide groups is 1. The zero-order valence-corrected chi connectivity index (χ0v) is 17.1. The van der Waals surface area contributed by atoms with Gasteiger partial charge in [-0.1, -0.05) is 42.0 Å². The first-order chi connectivity index (χ1) is 14.4. The van der Waals surface area contributed by atoms with Crippen molar-refractivity contribution >= 4 is 23.6 Å². The molecule has 1 heterocycles. The van der Waals surface area contributed by atoms with Gasteiger partial charge in [-0.05, 0) is 43.9 Å². The van der Waals surface area contributed by atoms with Gasteiger partial charge in [-0.2, -0.15) is 0 Å². The van der Waals surface area contributed by atoms with Gasteiger partial charge in [0.1, 0.15) is 0 Å². The van der Waals surface area contributed by atoms with Gasteiger partial charge in [0.05, 0.1) is 18.3 Å². The number of amides is 2. The largest absolute Gasteiger partial charge is 0.454 e. The van der Waals surface area contributed by atoms with Crippen LogP contribution >= 0.6 is 0 Å². The molecule has 6 nitrogen and oxygen atoms in total. The average Bonchev–Trinajstić information content (AvgIpc) is 3.51. The lowest BCUT2D eigenvalue weighted by atomic mass is 9.63. The van der Waals surface area contributed by atoms with Gasteiger partial charge in [0.2, 0.25) is 17.6 Å². The molecule has 2 saturated carbocycles. The maximum atomic E-state index is 12.9. The molecule has 1 aromatic rings.